The summed E-state index contributed by atoms with van der Waals surface area (Å²) < 4.78 is 13.3. The third-order valence-electron chi connectivity index (χ3n) is 5.70. The number of H-pyrrole nitrogens is 1. The van der Waals surface area contributed by atoms with Gasteiger partial charge >= 0.3 is 0 Å². The molecule has 11 heteroatoms. The molecule has 0 unspecified atom stereocenters. The van der Waals surface area contributed by atoms with E-state index in [0.717, 1.165) is 31.8 Å². The number of rotatable bonds is 11. The lowest BCUT2D eigenvalue weighted by molar-refractivity contribution is 0.0954. The van der Waals surface area contributed by atoms with E-state index < -0.39 is 23.5 Å². The van der Waals surface area contributed by atoms with Crippen molar-refractivity contribution in [3.63, 3.8) is 0 Å². The number of carbonyl (C=O) groups is 3. The van der Waals surface area contributed by atoms with Crippen LogP contribution in [0.4, 0.5) is 15.8 Å². The maximum Gasteiger partial charge on any atom is 0.279 e. The lowest BCUT2D eigenvalue weighted by Crippen LogP contribution is -2.36. The molecule has 190 valence electrons. The van der Waals surface area contributed by atoms with Crippen LogP contribution in [0.3, 0.4) is 0 Å². The number of nitrogens with zero attached hydrogens (tertiary/aromatic N) is 3. The second-order valence-corrected chi connectivity index (χ2v) is 8.36. The van der Waals surface area contributed by atoms with Crippen LogP contribution < -0.4 is 16.0 Å². The largest absolute Gasteiger partial charge is 0.364 e. The van der Waals surface area contributed by atoms with Gasteiger partial charge in [-0.2, -0.15) is 0 Å². The van der Waals surface area contributed by atoms with Gasteiger partial charge in [0.25, 0.3) is 17.7 Å². The third kappa shape index (κ3) is 6.46. The van der Waals surface area contributed by atoms with Crippen LogP contribution in [0.2, 0.25) is 5.02 Å². The van der Waals surface area contributed by atoms with Gasteiger partial charge < -0.3 is 25.8 Å². The molecule has 2 aromatic carbocycles. The van der Waals surface area contributed by atoms with Crippen LogP contribution in [0.1, 0.15) is 51.6 Å². The minimum Gasteiger partial charge on any atom is -0.364 e. The Labute approximate surface area is 213 Å². The number of aromatic nitrogens is 2. The molecule has 0 aliphatic rings. The quantitative estimate of drug-likeness (QED) is 0.357. The highest BCUT2D eigenvalue weighted by molar-refractivity contribution is 6.34. The molecule has 1 heterocycles. The van der Waals surface area contributed by atoms with E-state index in [2.05, 4.69) is 34.0 Å². The molecule has 0 aliphatic heterocycles. The van der Waals surface area contributed by atoms with Gasteiger partial charge in [-0.05, 0) is 68.5 Å². The first-order valence-corrected chi connectivity index (χ1v) is 11.9. The molecule has 36 heavy (non-hydrogen) atoms. The van der Waals surface area contributed by atoms with Crippen LogP contribution >= 0.6 is 11.6 Å². The predicted octanol–water partition coefficient (Wildman–Crippen LogP) is 3.93. The normalized spacial score (nSPS) is 10.9. The Balaban J connectivity index is 1.81. The second-order valence-electron chi connectivity index (χ2n) is 7.95. The molecule has 4 N–H and O–H groups in total. The van der Waals surface area contributed by atoms with Crippen molar-refractivity contribution < 1.29 is 18.8 Å². The zero-order chi connectivity index (χ0) is 26.2. The topological polar surface area (TPSA) is 124 Å². The summed E-state index contributed by atoms with van der Waals surface area (Å²) in [6, 6.07) is 10.1. The molecule has 3 rings (SSSR count). The molecule has 0 spiro atoms. The minimum atomic E-state index is -0.781. The number of benzene rings is 2. The first kappa shape index (κ1) is 26.8. The highest BCUT2D eigenvalue weighted by atomic mass is 35.5. The molecule has 3 amide bonds. The van der Waals surface area contributed by atoms with E-state index >= 15 is 0 Å². The number of anilines is 2. The summed E-state index contributed by atoms with van der Waals surface area (Å²) >= 11 is 5.98. The van der Waals surface area contributed by atoms with Crippen LogP contribution in [0.5, 0.6) is 0 Å². The summed E-state index contributed by atoms with van der Waals surface area (Å²) in [6.45, 7) is 7.08. The monoisotopic (exact) mass is 514 g/mol. The predicted molar refractivity (Wildman–Crippen MR) is 137 cm³/mol. The summed E-state index contributed by atoms with van der Waals surface area (Å²) in [7, 11) is 0. The molecular formula is C25H28ClFN6O3. The molecule has 0 saturated heterocycles. The highest BCUT2D eigenvalue weighted by Crippen LogP contribution is 2.23. The Hall–Kier alpha value is -3.76. The van der Waals surface area contributed by atoms with Gasteiger partial charge in [-0.15, -0.1) is 0 Å². The number of nitrogens with one attached hydrogen (secondary N) is 2. The third-order valence-corrected chi connectivity index (χ3v) is 6.01. The molecular weight excluding hydrogens is 487 g/mol. The van der Waals surface area contributed by atoms with Crippen LogP contribution in [0, 0.1) is 5.82 Å². The van der Waals surface area contributed by atoms with E-state index in [1.807, 2.05) is 0 Å². The van der Waals surface area contributed by atoms with Gasteiger partial charge in [-0.25, -0.2) is 9.37 Å². The van der Waals surface area contributed by atoms with Gasteiger partial charge in [0.2, 0.25) is 0 Å². The Morgan fingerprint density at radius 1 is 1.08 bits per heavy atom. The fourth-order valence-electron chi connectivity index (χ4n) is 3.71. The summed E-state index contributed by atoms with van der Waals surface area (Å²) in [5.74, 6) is -2.29. The van der Waals surface area contributed by atoms with E-state index in [1.165, 1.54) is 17.3 Å². The number of primary amides is 1. The molecule has 0 fully saturated rings. The lowest BCUT2D eigenvalue weighted by Gasteiger charge is -2.25. The fourth-order valence-corrected chi connectivity index (χ4v) is 3.96. The van der Waals surface area contributed by atoms with Crippen molar-refractivity contribution in [2.24, 2.45) is 5.73 Å². The standard InChI is InChI=1S/C25H28ClFN6O3/c1-3-32(4-2)12-5-13-33(25(36)22-21(23(28)34)29-15-30-22)18-9-7-17(8-10-18)31-24(35)19-11-6-16(27)14-20(19)26/h6-11,14-15H,3-5,12-13H2,1-2H3,(H2,28,34)(H,29,30)(H,31,35). The van der Waals surface area contributed by atoms with Gasteiger partial charge in [0.05, 0.1) is 16.9 Å². The number of halogens is 2. The first-order valence-electron chi connectivity index (χ1n) is 11.5. The summed E-state index contributed by atoms with van der Waals surface area (Å²) in [4.78, 5) is 48.0. The SMILES string of the molecule is CCN(CC)CCCN(C(=O)c1nc[nH]c1C(N)=O)c1ccc(NC(=O)c2ccc(F)cc2Cl)cc1. The Morgan fingerprint density at radius 2 is 1.78 bits per heavy atom. The molecule has 0 saturated carbocycles. The van der Waals surface area contributed by atoms with Gasteiger partial charge in [-0.1, -0.05) is 25.4 Å². The van der Waals surface area contributed by atoms with E-state index in [1.54, 1.807) is 24.3 Å². The molecule has 9 nitrogen and oxygen atoms in total. The molecule has 0 aliphatic carbocycles. The number of nitrogens with two attached hydrogens (primary N) is 1. The van der Waals surface area contributed by atoms with E-state index in [4.69, 9.17) is 17.3 Å². The maximum atomic E-state index is 13.4. The zero-order valence-electron chi connectivity index (χ0n) is 20.1. The first-order chi connectivity index (χ1) is 17.2. The fraction of sp³-hybridized carbons (Fsp3) is 0.280. The summed E-state index contributed by atoms with van der Waals surface area (Å²) in [5.41, 5.74) is 6.40. The van der Waals surface area contributed by atoms with Crippen LogP contribution in [-0.4, -0.2) is 58.8 Å². The Kier molecular flexibility index (Phi) is 9.15. The number of aromatic amines is 1. The van der Waals surface area contributed by atoms with Gasteiger partial charge in [0, 0.05) is 17.9 Å². The smallest absolute Gasteiger partial charge is 0.279 e. The number of hydrogen-bond acceptors (Lipinski definition) is 5. The highest BCUT2D eigenvalue weighted by Gasteiger charge is 2.25. The van der Waals surface area contributed by atoms with Crippen LogP contribution in [0.15, 0.2) is 48.8 Å². The maximum absolute atomic E-state index is 13.4. The Bertz CT molecular complexity index is 1230. The van der Waals surface area contributed by atoms with Crippen molar-refractivity contribution in [3.8, 4) is 0 Å². The molecule has 1 aromatic heterocycles. The van der Waals surface area contributed by atoms with E-state index in [0.29, 0.717) is 24.3 Å². The molecule has 0 radical (unpaired) electrons. The number of hydrogen-bond donors (Lipinski definition) is 3. The minimum absolute atomic E-state index is 0.00153. The summed E-state index contributed by atoms with van der Waals surface area (Å²) in [5, 5.41) is 2.70. The van der Waals surface area contributed by atoms with Crippen molar-refractivity contribution in [2.75, 3.05) is 36.4 Å². The van der Waals surface area contributed by atoms with Crippen molar-refractivity contribution >= 4 is 40.7 Å². The summed E-state index contributed by atoms with van der Waals surface area (Å²) in [6.07, 6.45) is 1.94. The van der Waals surface area contributed by atoms with Crippen molar-refractivity contribution in [2.45, 2.75) is 20.3 Å². The van der Waals surface area contributed by atoms with Crippen molar-refractivity contribution in [1.82, 2.24) is 14.9 Å². The average molecular weight is 515 g/mol. The van der Waals surface area contributed by atoms with Crippen molar-refractivity contribution in [1.29, 1.82) is 0 Å². The van der Waals surface area contributed by atoms with Crippen LogP contribution in [0.25, 0.3) is 0 Å². The molecule has 0 atom stereocenters. The molecule has 3 aromatic rings. The van der Waals surface area contributed by atoms with Crippen LogP contribution in [-0.2, 0) is 0 Å². The number of amides is 3. The number of imidazole rings is 1. The second kappa shape index (κ2) is 12.3. The average Bonchev–Trinajstić information content (AvgIpc) is 3.35. The Morgan fingerprint density at radius 3 is 2.39 bits per heavy atom. The van der Waals surface area contributed by atoms with Gasteiger partial charge in [-0.3, -0.25) is 14.4 Å². The lowest BCUT2D eigenvalue weighted by atomic mass is 10.2. The van der Waals surface area contributed by atoms with Gasteiger partial charge in [0.15, 0.2) is 5.69 Å². The molecule has 0 bridgehead atoms. The zero-order valence-corrected chi connectivity index (χ0v) is 20.8. The van der Waals surface area contributed by atoms with E-state index in [9.17, 15) is 18.8 Å². The van der Waals surface area contributed by atoms with E-state index in [-0.39, 0.29) is 22.0 Å². The number of carbonyl (C=O) groups excluding carboxylic acids is 3. The van der Waals surface area contributed by atoms with Gasteiger partial charge in [0.1, 0.15) is 11.5 Å². The van der Waals surface area contributed by atoms with Crippen molar-refractivity contribution in [3.05, 3.63) is 76.6 Å².